The van der Waals surface area contributed by atoms with Gasteiger partial charge in [0.15, 0.2) is 10.1 Å². The minimum absolute atomic E-state index is 0.0372. The highest BCUT2D eigenvalue weighted by molar-refractivity contribution is 8.00. The molecule has 0 spiro atoms. The number of methoxy groups -OCH3 is 1. The molecule has 1 aliphatic heterocycles. The molecule has 0 saturated carbocycles. The predicted octanol–water partition coefficient (Wildman–Crippen LogP) is 4.14. The van der Waals surface area contributed by atoms with Crippen molar-refractivity contribution in [2.24, 2.45) is 0 Å². The van der Waals surface area contributed by atoms with E-state index in [0.717, 1.165) is 38.7 Å². The Hall–Kier alpha value is -1.90. The molecule has 0 atom stereocenters. The molecule has 0 aliphatic carbocycles. The molecule has 27 heavy (non-hydrogen) atoms. The summed E-state index contributed by atoms with van der Waals surface area (Å²) < 4.78 is 12.3. The van der Waals surface area contributed by atoms with Gasteiger partial charge in [-0.25, -0.2) is 0 Å². The average Bonchev–Trinajstić information content (AvgIpc) is 3.29. The molecule has 1 fully saturated rings. The molecule has 1 aliphatic rings. The average molecular weight is 404 g/mol. The van der Waals surface area contributed by atoms with E-state index in [9.17, 15) is 4.79 Å². The molecule has 4 rings (SSSR count). The zero-order chi connectivity index (χ0) is 18.8. The van der Waals surface area contributed by atoms with Crippen LogP contribution in [-0.4, -0.2) is 47.3 Å². The number of carbonyl (C=O) groups is 1. The third kappa shape index (κ3) is 3.88. The number of rotatable bonds is 5. The van der Waals surface area contributed by atoms with Crippen LogP contribution >= 0.6 is 23.1 Å². The maximum Gasteiger partial charge on any atom is 0.289 e. The van der Waals surface area contributed by atoms with Gasteiger partial charge in [0.05, 0.1) is 6.10 Å². The van der Waals surface area contributed by atoms with Crippen LogP contribution in [0.3, 0.4) is 0 Å². The van der Waals surface area contributed by atoms with Gasteiger partial charge in [0.1, 0.15) is 10.6 Å². The fraction of sp³-hybridized carbons (Fsp3) is 0.421. The Morgan fingerprint density at radius 2 is 2.11 bits per heavy atom. The Morgan fingerprint density at radius 3 is 2.81 bits per heavy atom. The molecular formula is C19H21N3O3S2. The van der Waals surface area contributed by atoms with Crippen LogP contribution < -0.4 is 0 Å². The number of aryl methyl sites for hydroxylation is 1. The first-order valence-corrected chi connectivity index (χ1v) is 10.7. The van der Waals surface area contributed by atoms with Crippen molar-refractivity contribution in [1.29, 1.82) is 0 Å². The van der Waals surface area contributed by atoms with Crippen molar-refractivity contribution >= 4 is 40.0 Å². The van der Waals surface area contributed by atoms with E-state index in [4.69, 9.17) is 9.15 Å². The van der Waals surface area contributed by atoms with Crippen molar-refractivity contribution < 1.29 is 13.9 Å². The zero-order valence-corrected chi connectivity index (χ0v) is 16.9. The topological polar surface area (TPSA) is 68.5 Å². The van der Waals surface area contributed by atoms with Crippen LogP contribution in [0.25, 0.3) is 11.0 Å². The molecule has 3 heterocycles. The van der Waals surface area contributed by atoms with Crippen LogP contribution in [0.15, 0.2) is 33.0 Å². The summed E-state index contributed by atoms with van der Waals surface area (Å²) in [5.74, 6) is 1.03. The number of carbonyl (C=O) groups excluding carboxylic acids is 1. The van der Waals surface area contributed by atoms with Crippen LogP contribution in [0.2, 0.25) is 0 Å². The second-order valence-electron chi connectivity index (χ2n) is 6.51. The standard InChI is InChI=1S/C19H21N3O3S2/c1-12-20-21-19(27-12)26-11-15-14-5-3-4-6-16(14)25-17(15)18(23)22-9-7-13(24-2)8-10-22/h3-6,13H,7-11H2,1-2H3. The fourth-order valence-corrected chi connectivity index (χ4v) is 5.17. The van der Waals surface area contributed by atoms with Gasteiger partial charge in [0.2, 0.25) is 0 Å². The van der Waals surface area contributed by atoms with E-state index in [1.807, 2.05) is 36.1 Å². The Morgan fingerprint density at radius 1 is 1.33 bits per heavy atom. The second-order valence-corrected chi connectivity index (χ2v) is 8.91. The first kappa shape index (κ1) is 18.5. The lowest BCUT2D eigenvalue weighted by Gasteiger charge is -2.30. The summed E-state index contributed by atoms with van der Waals surface area (Å²) >= 11 is 3.15. The Balaban J connectivity index is 1.60. The fourth-order valence-electron chi connectivity index (χ4n) is 3.32. The van der Waals surface area contributed by atoms with Crippen molar-refractivity contribution in [3.05, 3.63) is 40.6 Å². The lowest BCUT2D eigenvalue weighted by Crippen LogP contribution is -2.40. The first-order valence-electron chi connectivity index (χ1n) is 8.91. The lowest BCUT2D eigenvalue weighted by molar-refractivity contribution is 0.0335. The molecule has 1 amide bonds. The van der Waals surface area contributed by atoms with Crippen LogP contribution in [-0.2, 0) is 10.5 Å². The van der Waals surface area contributed by atoms with E-state index in [-0.39, 0.29) is 12.0 Å². The largest absolute Gasteiger partial charge is 0.451 e. The first-order chi connectivity index (χ1) is 13.2. The predicted molar refractivity (Wildman–Crippen MR) is 106 cm³/mol. The number of para-hydroxylation sites is 1. The number of furan rings is 1. The van der Waals surface area contributed by atoms with Gasteiger partial charge in [0.25, 0.3) is 5.91 Å². The molecule has 1 aromatic carbocycles. The monoisotopic (exact) mass is 403 g/mol. The van der Waals surface area contributed by atoms with E-state index < -0.39 is 0 Å². The Bertz CT molecular complexity index is 945. The van der Waals surface area contributed by atoms with Gasteiger partial charge in [-0.2, -0.15) is 0 Å². The van der Waals surface area contributed by atoms with Gasteiger partial charge in [-0.1, -0.05) is 41.3 Å². The van der Waals surface area contributed by atoms with Gasteiger partial charge < -0.3 is 14.1 Å². The van der Waals surface area contributed by atoms with Crippen molar-refractivity contribution in [2.75, 3.05) is 20.2 Å². The van der Waals surface area contributed by atoms with E-state index in [1.54, 1.807) is 30.2 Å². The molecule has 8 heteroatoms. The van der Waals surface area contributed by atoms with Crippen molar-refractivity contribution in [1.82, 2.24) is 15.1 Å². The van der Waals surface area contributed by atoms with Gasteiger partial charge in [-0.05, 0) is 25.8 Å². The maximum absolute atomic E-state index is 13.2. The van der Waals surface area contributed by atoms with Gasteiger partial charge in [0, 0.05) is 36.9 Å². The summed E-state index contributed by atoms with van der Waals surface area (Å²) in [7, 11) is 1.73. The van der Waals surface area contributed by atoms with Crippen molar-refractivity contribution in [3.8, 4) is 0 Å². The lowest BCUT2D eigenvalue weighted by atomic mass is 10.1. The highest BCUT2D eigenvalue weighted by atomic mass is 32.2. The number of nitrogens with zero attached hydrogens (tertiary/aromatic N) is 3. The van der Waals surface area contributed by atoms with E-state index >= 15 is 0 Å². The Labute approximate surface area is 165 Å². The summed E-state index contributed by atoms with van der Waals surface area (Å²) in [6, 6.07) is 7.81. The SMILES string of the molecule is COC1CCN(C(=O)c2oc3ccccc3c2CSc2nnc(C)s2)CC1. The second kappa shape index (κ2) is 8.00. The quantitative estimate of drug-likeness (QED) is 0.597. The summed E-state index contributed by atoms with van der Waals surface area (Å²) in [6.07, 6.45) is 1.95. The molecule has 6 nitrogen and oxygen atoms in total. The number of thioether (sulfide) groups is 1. The summed E-state index contributed by atoms with van der Waals surface area (Å²) in [6.45, 7) is 3.32. The maximum atomic E-state index is 13.2. The zero-order valence-electron chi connectivity index (χ0n) is 15.3. The van der Waals surface area contributed by atoms with Crippen LogP contribution in [0.5, 0.6) is 0 Å². The number of fused-ring (bicyclic) bond motifs is 1. The minimum Gasteiger partial charge on any atom is -0.451 e. The summed E-state index contributed by atoms with van der Waals surface area (Å²) in [5.41, 5.74) is 1.68. The number of aromatic nitrogens is 2. The molecule has 3 aromatic rings. The number of hydrogen-bond acceptors (Lipinski definition) is 7. The molecule has 0 radical (unpaired) electrons. The number of hydrogen-bond donors (Lipinski definition) is 0. The molecular weight excluding hydrogens is 382 g/mol. The van der Waals surface area contributed by atoms with E-state index in [2.05, 4.69) is 10.2 Å². The molecule has 1 saturated heterocycles. The molecule has 0 bridgehead atoms. The number of ether oxygens (including phenoxy) is 1. The molecule has 0 unspecified atom stereocenters. The number of benzene rings is 1. The molecule has 2 aromatic heterocycles. The van der Waals surface area contributed by atoms with Crippen LogP contribution in [0.4, 0.5) is 0 Å². The third-order valence-electron chi connectivity index (χ3n) is 4.80. The smallest absolute Gasteiger partial charge is 0.289 e. The van der Waals surface area contributed by atoms with Gasteiger partial charge in [-0.15, -0.1) is 10.2 Å². The molecule has 0 N–H and O–H groups in total. The summed E-state index contributed by atoms with van der Waals surface area (Å²) in [4.78, 5) is 15.0. The third-order valence-corrected chi connectivity index (χ3v) is 6.80. The van der Waals surface area contributed by atoms with Crippen LogP contribution in [0.1, 0.15) is 34.0 Å². The van der Waals surface area contributed by atoms with Crippen LogP contribution in [0, 0.1) is 6.92 Å². The normalized spacial score (nSPS) is 15.6. The number of amides is 1. The van der Waals surface area contributed by atoms with Gasteiger partial charge >= 0.3 is 0 Å². The van der Waals surface area contributed by atoms with Crippen molar-refractivity contribution in [3.63, 3.8) is 0 Å². The van der Waals surface area contributed by atoms with E-state index in [1.165, 1.54) is 0 Å². The van der Waals surface area contributed by atoms with E-state index in [0.29, 0.717) is 24.6 Å². The molecule has 142 valence electrons. The van der Waals surface area contributed by atoms with Gasteiger partial charge in [-0.3, -0.25) is 4.79 Å². The van der Waals surface area contributed by atoms with Crippen molar-refractivity contribution in [2.45, 2.75) is 36.0 Å². The number of piperidine rings is 1. The highest BCUT2D eigenvalue weighted by Gasteiger charge is 2.28. The Kier molecular flexibility index (Phi) is 5.47. The number of likely N-dealkylation sites (tertiary alicyclic amines) is 1. The summed E-state index contributed by atoms with van der Waals surface area (Å²) in [5, 5.41) is 10.2. The highest BCUT2D eigenvalue weighted by Crippen LogP contribution is 2.34. The minimum atomic E-state index is -0.0372.